The number of rotatable bonds is 6. The van der Waals surface area contributed by atoms with E-state index < -0.39 is 0 Å². The van der Waals surface area contributed by atoms with E-state index in [0.29, 0.717) is 18.4 Å². The fraction of sp³-hybridized carbons (Fsp3) is 1.00. The average molecular weight is 244 g/mol. The molecule has 0 spiro atoms. The third kappa shape index (κ3) is 3.92. The first-order valence-electron chi connectivity index (χ1n) is 7.11. The smallest absolute Gasteiger partial charge is 0.0906 e. The van der Waals surface area contributed by atoms with Gasteiger partial charge in [0.15, 0.2) is 0 Å². The van der Waals surface area contributed by atoms with Crippen molar-refractivity contribution >= 4 is 0 Å². The van der Waals surface area contributed by atoms with Crippen LogP contribution >= 0.6 is 0 Å². The monoisotopic (exact) mass is 244 g/mol. The van der Waals surface area contributed by atoms with Gasteiger partial charge in [-0.05, 0) is 25.7 Å². The number of hydrogen-bond donors (Lipinski definition) is 1. The van der Waals surface area contributed by atoms with Gasteiger partial charge in [-0.2, -0.15) is 0 Å². The van der Waals surface area contributed by atoms with Crippen molar-refractivity contribution < 1.29 is 4.39 Å². The molecule has 0 aromatic heterocycles. The van der Waals surface area contributed by atoms with Gasteiger partial charge in [0.25, 0.3) is 0 Å². The third-order valence-corrected chi connectivity index (χ3v) is 4.42. The lowest BCUT2D eigenvalue weighted by Gasteiger charge is -2.48. The van der Waals surface area contributed by atoms with Crippen molar-refractivity contribution in [2.24, 2.45) is 5.92 Å². The molecule has 0 aromatic rings. The Balaban J connectivity index is 2.65. The van der Waals surface area contributed by atoms with Crippen molar-refractivity contribution in [2.45, 2.75) is 58.5 Å². The van der Waals surface area contributed by atoms with Crippen LogP contribution in [-0.2, 0) is 0 Å². The number of halogens is 1. The van der Waals surface area contributed by atoms with Crippen LogP contribution in [-0.4, -0.2) is 42.8 Å². The standard InChI is InChI=1S/C14H29FN2/c1-5-12(3)13-10-16-14(4,6-2)11-17(13)9-7-8-15/h12-13,16H,5-11H2,1-4H3. The predicted octanol–water partition coefficient (Wildman–Crippen LogP) is 2.83. The molecule has 1 heterocycles. The Bertz CT molecular complexity index is 222. The second kappa shape index (κ2) is 6.69. The van der Waals surface area contributed by atoms with Crippen LogP contribution in [0.15, 0.2) is 0 Å². The number of nitrogens with one attached hydrogen (secondary N) is 1. The van der Waals surface area contributed by atoms with Crippen LogP contribution in [0.5, 0.6) is 0 Å². The molecule has 0 aliphatic carbocycles. The first-order valence-corrected chi connectivity index (χ1v) is 7.11. The fourth-order valence-electron chi connectivity index (χ4n) is 2.68. The summed E-state index contributed by atoms with van der Waals surface area (Å²) < 4.78 is 12.4. The molecule has 0 aromatic carbocycles. The van der Waals surface area contributed by atoms with Crippen molar-refractivity contribution in [3.05, 3.63) is 0 Å². The van der Waals surface area contributed by atoms with Gasteiger partial charge in [-0.25, -0.2) is 0 Å². The third-order valence-electron chi connectivity index (χ3n) is 4.42. The molecule has 1 saturated heterocycles. The van der Waals surface area contributed by atoms with Crippen molar-refractivity contribution in [1.29, 1.82) is 0 Å². The summed E-state index contributed by atoms with van der Waals surface area (Å²) in [4.78, 5) is 2.51. The van der Waals surface area contributed by atoms with Crippen LogP contribution in [0.1, 0.15) is 47.0 Å². The zero-order valence-electron chi connectivity index (χ0n) is 11.9. The molecular formula is C14H29FN2. The van der Waals surface area contributed by atoms with Gasteiger partial charge >= 0.3 is 0 Å². The summed E-state index contributed by atoms with van der Waals surface area (Å²) in [6.45, 7) is 11.9. The van der Waals surface area contributed by atoms with E-state index in [0.717, 1.165) is 26.1 Å². The first kappa shape index (κ1) is 14.9. The first-order chi connectivity index (χ1) is 8.06. The maximum Gasteiger partial charge on any atom is 0.0906 e. The Morgan fingerprint density at radius 1 is 1.47 bits per heavy atom. The molecule has 0 radical (unpaired) electrons. The molecule has 0 saturated carbocycles. The van der Waals surface area contributed by atoms with Crippen LogP contribution in [0, 0.1) is 5.92 Å². The van der Waals surface area contributed by atoms with Gasteiger partial charge in [0, 0.05) is 31.2 Å². The molecule has 0 bridgehead atoms. The number of alkyl halides is 1. The fourth-order valence-corrected chi connectivity index (χ4v) is 2.68. The van der Waals surface area contributed by atoms with E-state index in [4.69, 9.17) is 0 Å². The highest BCUT2D eigenvalue weighted by Gasteiger charge is 2.35. The van der Waals surface area contributed by atoms with Crippen LogP contribution in [0.25, 0.3) is 0 Å². The topological polar surface area (TPSA) is 15.3 Å². The normalized spacial score (nSPS) is 32.6. The number of hydrogen-bond acceptors (Lipinski definition) is 2. The van der Waals surface area contributed by atoms with Gasteiger partial charge in [-0.3, -0.25) is 9.29 Å². The van der Waals surface area contributed by atoms with E-state index in [2.05, 4.69) is 37.9 Å². The zero-order valence-corrected chi connectivity index (χ0v) is 11.9. The summed E-state index contributed by atoms with van der Waals surface area (Å²) in [6.07, 6.45) is 3.00. The van der Waals surface area contributed by atoms with E-state index in [1.54, 1.807) is 0 Å². The van der Waals surface area contributed by atoms with Crippen molar-refractivity contribution in [2.75, 3.05) is 26.3 Å². The largest absolute Gasteiger partial charge is 0.309 e. The lowest BCUT2D eigenvalue weighted by atomic mass is 9.88. The van der Waals surface area contributed by atoms with Crippen molar-refractivity contribution in [3.63, 3.8) is 0 Å². The molecule has 1 rings (SSSR count). The van der Waals surface area contributed by atoms with Crippen LogP contribution in [0.4, 0.5) is 4.39 Å². The summed E-state index contributed by atoms with van der Waals surface area (Å²) in [7, 11) is 0. The van der Waals surface area contributed by atoms with Crippen molar-refractivity contribution in [3.8, 4) is 0 Å². The lowest BCUT2D eigenvalue weighted by Crippen LogP contribution is -2.64. The molecule has 3 unspecified atom stereocenters. The summed E-state index contributed by atoms with van der Waals surface area (Å²) in [5, 5.41) is 3.68. The van der Waals surface area contributed by atoms with Gasteiger partial charge < -0.3 is 5.32 Å². The second-order valence-electron chi connectivity index (χ2n) is 5.76. The Morgan fingerprint density at radius 3 is 2.71 bits per heavy atom. The van der Waals surface area contributed by atoms with Crippen LogP contribution in [0.3, 0.4) is 0 Å². The Kier molecular flexibility index (Phi) is 5.87. The summed E-state index contributed by atoms with van der Waals surface area (Å²) in [6, 6.07) is 0.575. The molecular weight excluding hydrogens is 215 g/mol. The molecule has 3 heteroatoms. The van der Waals surface area contributed by atoms with Crippen LogP contribution in [0.2, 0.25) is 0 Å². The molecule has 0 amide bonds. The molecule has 1 fully saturated rings. The zero-order chi connectivity index (χ0) is 12.9. The van der Waals surface area contributed by atoms with E-state index in [1.807, 2.05) is 0 Å². The van der Waals surface area contributed by atoms with Gasteiger partial charge in [-0.1, -0.05) is 27.2 Å². The molecule has 17 heavy (non-hydrogen) atoms. The van der Waals surface area contributed by atoms with Gasteiger partial charge in [0.2, 0.25) is 0 Å². The molecule has 2 nitrogen and oxygen atoms in total. The molecule has 1 aliphatic rings. The SMILES string of the molecule is CCC(C)C1CNC(C)(CC)CN1CCCF. The highest BCUT2D eigenvalue weighted by Crippen LogP contribution is 2.24. The quantitative estimate of drug-likeness (QED) is 0.773. The minimum atomic E-state index is -0.194. The summed E-state index contributed by atoms with van der Waals surface area (Å²) in [5.74, 6) is 0.684. The molecule has 1 aliphatic heterocycles. The minimum absolute atomic E-state index is 0.194. The van der Waals surface area contributed by atoms with E-state index >= 15 is 0 Å². The summed E-state index contributed by atoms with van der Waals surface area (Å²) >= 11 is 0. The number of nitrogens with zero attached hydrogens (tertiary/aromatic N) is 1. The highest BCUT2D eigenvalue weighted by atomic mass is 19.1. The van der Waals surface area contributed by atoms with Gasteiger partial charge in [-0.15, -0.1) is 0 Å². The van der Waals surface area contributed by atoms with Crippen molar-refractivity contribution in [1.82, 2.24) is 10.2 Å². The van der Waals surface area contributed by atoms with Gasteiger partial charge in [0.1, 0.15) is 0 Å². The predicted molar refractivity (Wildman–Crippen MR) is 72.1 cm³/mol. The summed E-state index contributed by atoms with van der Waals surface area (Å²) in [5.41, 5.74) is 0.209. The molecule has 3 atom stereocenters. The minimum Gasteiger partial charge on any atom is -0.309 e. The maximum atomic E-state index is 12.4. The van der Waals surface area contributed by atoms with Crippen LogP contribution < -0.4 is 5.32 Å². The maximum absolute atomic E-state index is 12.4. The lowest BCUT2D eigenvalue weighted by molar-refractivity contribution is 0.0527. The van der Waals surface area contributed by atoms with E-state index in [9.17, 15) is 4.39 Å². The van der Waals surface area contributed by atoms with Gasteiger partial charge in [0.05, 0.1) is 6.67 Å². The van der Waals surface area contributed by atoms with E-state index in [1.165, 1.54) is 6.42 Å². The highest BCUT2D eigenvalue weighted by molar-refractivity contribution is 4.95. The molecule has 102 valence electrons. The second-order valence-corrected chi connectivity index (χ2v) is 5.76. The van der Waals surface area contributed by atoms with E-state index in [-0.39, 0.29) is 12.2 Å². The Hall–Kier alpha value is -0.150. The Labute approximate surface area is 106 Å². The molecule has 1 N–H and O–H groups in total. The Morgan fingerprint density at radius 2 is 2.18 bits per heavy atom. The average Bonchev–Trinajstić information content (AvgIpc) is 2.35. The number of piperazine rings is 1.